The van der Waals surface area contributed by atoms with Gasteiger partial charge in [-0.1, -0.05) is 60.7 Å². The number of H-pyrrole nitrogens is 1. The number of aromatic amines is 1. The fourth-order valence-electron chi connectivity index (χ4n) is 3.90. The predicted molar refractivity (Wildman–Crippen MR) is 127 cm³/mol. The molecule has 0 amide bonds. The van der Waals surface area contributed by atoms with Crippen molar-refractivity contribution in [1.29, 1.82) is 0 Å². The van der Waals surface area contributed by atoms with Crippen LogP contribution in [0.1, 0.15) is 23.6 Å². The van der Waals surface area contributed by atoms with Gasteiger partial charge in [0.25, 0.3) is 5.56 Å². The number of Topliss-reactive ketones (excluding diaryl/α,β-unsaturated/α-hetero) is 1. The number of hydrogen-bond acceptors (Lipinski definition) is 5. The molecule has 0 spiro atoms. The third kappa shape index (κ3) is 5.25. The fourth-order valence-corrected chi connectivity index (χ4v) is 4.34. The molecule has 2 aromatic carbocycles. The molecule has 1 N–H and O–H groups in total. The summed E-state index contributed by atoms with van der Waals surface area (Å²) in [5.74, 6) is -0.634. The summed E-state index contributed by atoms with van der Waals surface area (Å²) in [6.45, 7) is 0.939. The minimum Gasteiger partial charge on any atom is -0.376 e. The van der Waals surface area contributed by atoms with Gasteiger partial charge in [0, 0.05) is 12.6 Å². The molecule has 1 saturated carbocycles. The zero-order chi connectivity index (χ0) is 22.5. The molecule has 1 aliphatic carbocycles. The van der Waals surface area contributed by atoms with E-state index in [4.69, 9.17) is 9.47 Å². The SMILES string of the molecule is O=C1C(COCc2ccccc2)C(OCc2ccccc2)CC1n1cc(I)c(=O)[nH]c1=O. The second-order valence-corrected chi connectivity index (χ2v) is 8.90. The average molecular weight is 546 g/mol. The monoisotopic (exact) mass is 546 g/mol. The van der Waals surface area contributed by atoms with Gasteiger partial charge >= 0.3 is 5.69 Å². The lowest BCUT2D eigenvalue weighted by atomic mass is 10.1. The van der Waals surface area contributed by atoms with Crippen LogP contribution in [0.15, 0.2) is 76.4 Å². The number of nitrogens with zero attached hydrogens (tertiary/aromatic N) is 1. The fraction of sp³-hybridized carbons (Fsp3) is 0.292. The molecule has 1 heterocycles. The van der Waals surface area contributed by atoms with Crippen LogP contribution >= 0.6 is 22.6 Å². The molecule has 166 valence electrons. The number of ether oxygens (including phenoxy) is 2. The van der Waals surface area contributed by atoms with Crippen LogP contribution in [0.5, 0.6) is 0 Å². The van der Waals surface area contributed by atoms with E-state index in [1.165, 1.54) is 10.8 Å². The summed E-state index contributed by atoms with van der Waals surface area (Å²) in [6.07, 6.45) is 1.37. The molecule has 1 aliphatic rings. The Morgan fingerprint density at radius 1 is 0.938 bits per heavy atom. The van der Waals surface area contributed by atoms with Gasteiger partial charge in [0.15, 0.2) is 5.78 Å². The van der Waals surface area contributed by atoms with Gasteiger partial charge in [-0.25, -0.2) is 4.79 Å². The van der Waals surface area contributed by atoms with E-state index < -0.39 is 29.3 Å². The maximum atomic E-state index is 13.3. The van der Waals surface area contributed by atoms with Crippen molar-refractivity contribution in [1.82, 2.24) is 9.55 Å². The summed E-state index contributed by atoms with van der Waals surface area (Å²) in [4.78, 5) is 39.7. The summed E-state index contributed by atoms with van der Waals surface area (Å²) >= 11 is 1.85. The van der Waals surface area contributed by atoms with Gasteiger partial charge in [0.2, 0.25) is 0 Å². The Morgan fingerprint density at radius 3 is 2.22 bits per heavy atom. The molecular weight excluding hydrogens is 523 g/mol. The largest absolute Gasteiger partial charge is 0.376 e. The highest BCUT2D eigenvalue weighted by Crippen LogP contribution is 2.34. The number of carbonyl (C=O) groups is 1. The number of halogens is 1. The molecule has 0 aliphatic heterocycles. The zero-order valence-electron chi connectivity index (χ0n) is 17.3. The van der Waals surface area contributed by atoms with E-state index in [1.54, 1.807) is 0 Å². The first-order valence-electron chi connectivity index (χ1n) is 10.3. The van der Waals surface area contributed by atoms with Gasteiger partial charge in [-0.15, -0.1) is 0 Å². The number of benzene rings is 2. The number of rotatable bonds is 8. The Bertz CT molecular complexity index is 1180. The molecule has 0 radical (unpaired) electrons. The van der Waals surface area contributed by atoms with Crippen molar-refractivity contribution < 1.29 is 14.3 Å². The molecule has 3 atom stereocenters. The molecule has 3 aromatic rings. The second kappa shape index (κ2) is 10.4. The Morgan fingerprint density at radius 2 is 1.56 bits per heavy atom. The summed E-state index contributed by atoms with van der Waals surface area (Å²) in [5.41, 5.74) is 0.962. The molecule has 3 unspecified atom stereocenters. The van der Waals surface area contributed by atoms with Crippen molar-refractivity contribution >= 4 is 28.4 Å². The summed E-state index contributed by atoms with van der Waals surface area (Å²) < 4.78 is 13.7. The van der Waals surface area contributed by atoms with Gasteiger partial charge in [-0.05, 0) is 33.7 Å². The summed E-state index contributed by atoms with van der Waals surface area (Å²) in [6, 6.07) is 18.8. The molecule has 0 saturated heterocycles. The molecule has 8 heteroatoms. The van der Waals surface area contributed by atoms with E-state index in [0.717, 1.165) is 11.1 Å². The van der Waals surface area contributed by atoms with Crippen LogP contribution < -0.4 is 11.2 Å². The van der Waals surface area contributed by atoms with Crippen molar-refractivity contribution in [2.75, 3.05) is 6.61 Å². The number of nitrogens with one attached hydrogen (secondary N) is 1. The smallest absolute Gasteiger partial charge is 0.329 e. The number of aromatic nitrogens is 2. The Labute approximate surface area is 198 Å². The Hall–Kier alpha value is -2.56. The summed E-state index contributed by atoms with van der Waals surface area (Å²) in [7, 11) is 0. The van der Waals surface area contributed by atoms with Crippen molar-refractivity contribution in [3.05, 3.63) is 102 Å². The topological polar surface area (TPSA) is 90.4 Å². The van der Waals surface area contributed by atoms with Crippen LogP contribution in [-0.2, 0) is 27.5 Å². The van der Waals surface area contributed by atoms with Crippen LogP contribution in [0.25, 0.3) is 0 Å². The Kier molecular flexibility index (Phi) is 7.33. The van der Waals surface area contributed by atoms with Crippen LogP contribution in [-0.4, -0.2) is 28.0 Å². The minimum absolute atomic E-state index is 0.124. The van der Waals surface area contributed by atoms with Crippen LogP contribution in [0, 0.1) is 9.49 Å². The molecule has 7 nitrogen and oxygen atoms in total. The number of hydrogen-bond donors (Lipinski definition) is 1. The first-order valence-corrected chi connectivity index (χ1v) is 11.4. The van der Waals surface area contributed by atoms with Crippen LogP contribution in [0.3, 0.4) is 0 Å². The first kappa shape index (κ1) is 22.6. The van der Waals surface area contributed by atoms with E-state index in [1.807, 2.05) is 83.3 Å². The van der Waals surface area contributed by atoms with Crippen molar-refractivity contribution in [3.63, 3.8) is 0 Å². The van der Waals surface area contributed by atoms with E-state index in [0.29, 0.717) is 23.2 Å². The van der Waals surface area contributed by atoms with Gasteiger partial charge in [-0.2, -0.15) is 0 Å². The maximum Gasteiger partial charge on any atom is 0.329 e. The van der Waals surface area contributed by atoms with Gasteiger partial charge in [-0.3, -0.25) is 19.1 Å². The third-order valence-corrected chi connectivity index (χ3v) is 6.34. The van der Waals surface area contributed by atoms with E-state index in [9.17, 15) is 14.4 Å². The highest BCUT2D eigenvalue weighted by Gasteiger charge is 2.44. The lowest BCUT2D eigenvalue weighted by Crippen LogP contribution is -2.35. The average Bonchev–Trinajstić information content (AvgIpc) is 3.11. The van der Waals surface area contributed by atoms with Crippen LogP contribution in [0.2, 0.25) is 0 Å². The van der Waals surface area contributed by atoms with Crippen molar-refractivity contribution in [3.8, 4) is 0 Å². The number of ketones is 1. The predicted octanol–water partition coefficient (Wildman–Crippen LogP) is 3.07. The van der Waals surface area contributed by atoms with Gasteiger partial charge in [0.05, 0.1) is 41.5 Å². The van der Waals surface area contributed by atoms with Crippen LogP contribution in [0.4, 0.5) is 0 Å². The normalized spacial score (nSPS) is 20.5. The van der Waals surface area contributed by atoms with Gasteiger partial charge in [0.1, 0.15) is 0 Å². The molecule has 1 fully saturated rings. The standard InChI is InChI=1S/C24H23IN2O5/c25-19-12-27(24(30)26-23(19)29)20-11-21(32-14-17-9-5-2-6-10-17)18(22(20)28)15-31-13-16-7-3-1-4-8-16/h1-10,12,18,20-21H,11,13-15H2,(H,26,29,30). The lowest BCUT2D eigenvalue weighted by molar-refractivity contribution is -0.128. The second-order valence-electron chi connectivity index (χ2n) is 7.74. The molecule has 0 bridgehead atoms. The Balaban J connectivity index is 1.52. The zero-order valence-corrected chi connectivity index (χ0v) is 19.4. The number of carbonyl (C=O) groups excluding carboxylic acids is 1. The molecule has 4 rings (SSSR count). The molecular formula is C24H23IN2O5. The quantitative estimate of drug-likeness (QED) is 0.439. The minimum atomic E-state index is -0.709. The highest BCUT2D eigenvalue weighted by atomic mass is 127. The lowest BCUT2D eigenvalue weighted by Gasteiger charge is -2.19. The maximum absolute atomic E-state index is 13.3. The first-order chi connectivity index (χ1) is 15.5. The summed E-state index contributed by atoms with van der Waals surface area (Å²) in [5, 5.41) is 0. The van der Waals surface area contributed by atoms with E-state index in [-0.39, 0.29) is 12.4 Å². The van der Waals surface area contributed by atoms with E-state index >= 15 is 0 Å². The van der Waals surface area contributed by atoms with Gasteiger partial charge < -0.3 is 9.47 Å². The third-order valence-electron chi connectivity index (χ3n) is 5.57. The molecule has 1 aromatic heterocycles. The van der Waals surface area contributed by atoms with Crippen molar-refractivity contribution in [2.24, 2.45) is 5.92 Å². The van der Waals surface area contributed by atoms with E-state index in [2.05, 4.69) is 4.98 Å². The van der Waals surface area contributed by atoms with Crippen molar-refractivity contribution in [2.45, 2.75) is 31.8 Å². The highest BCUT2D eigenvalue weighted by molar-refractivity contribution is 14.1. The molecule has 32 heavy (non-hydrogen) atoms.